The number of nitrogens with one attached hydrogen (secondary N) is 1. The summed E-state index contributed by atoms with van der Waals surface area (Å²) in [6.45, 7) is 2.80. The van der Waals surface area contributed by atoms with Crippen LogP contribution in [0.2, 0.25) is 0 Å². The van der Waals surface area contributed by atoms with Gasteiger partial charge in [0.2, 0.25) is 5.95 Å². The predicted molar refractivity (Wildman–Crippen MR) is 54.5 cm³/mol. The van der Waals surface area contributed by atoms with Crippen molar-refractivity contribution in [2.45, 2.75) is 32.2 Å². The largest absolute Gasteiger partial charge is 0.355 e. The highest BCUT2D eigenvalue weighted by molar-refractivity contribution is 5.24. The van der Waals surface area contributed by atoms with Crippen molar-refractivity contribution < 1.29 is 0 Å². The van der Waals surface area contributed by atoms with Gasteiger partial charge >= 0.3 is 5.69 Å². The summed E-state index contributed by atoms with van der Waals surface area (Å²) in [6.07, 6.45) is 3.42. The summed E-state index contributed by atoms with van der Waals surface area (Å²) in [6, 6.07) is 0.366. The number of hydrogen-bond donors (Lipinski definition) is 1. The third-order valence-electron chi connectivity index (χ3n) is 2.73. The lowest BCUT2D eigenvalue weighted by Gasteiger charge is -2.26. The van der Waals surface area contributed by atoms with Crippen LogP contribution < -0.4 is 11.0 Å². The molecule has 0 spiro atoms. The zero-order valence-corrected chi connectivity index (χ0v) is 8.66. The van der Waals surface area contributed by atoms with Crippen molar-refractivity contribution in [2.75, 3.05) is 11.9 Å². The molecule has 0 aliphatic heterocycles. The van der Waals surface area contributed by atoms with Crippen LogP contribution in [0.3, 0.4) is 0 Å². The number of nitrogens with zero attached hydrogens (tertiary/aromatic N) is 3. The monoisotopic (exact) mass is 196 g/mol. The summed E-state index contributed by atoms with van der Waals surface area (Å²) in [4.78, 5) is 11.7. The highest BCUT2D eigenvalue weighted by atomic mass is 16.2. The summed E-state index contributed by atoms with van der Waals surface area (Å²) in [7, 11) is 1.69. The van der Waals surface area contributed by atoms with Crippen LogP contribution in [0.4, 0.5) is 5.95 Å². The van der Waals surface area contributed by atoms with E-state index in [1.165, 1.54) is 11.1 Å². The molecule has 0 unspecified atom stereocenters. The molecule has 0 amide bonds. The molecule has 1 aliphatic carbocycles. The van der Waals surface area contributed by atoms with E-state index in [4.69, 9.17) is 0 Å². The summed E-state index contributed by atoms with van der Waals surface area (Å²) in [5, 5.41) is 7.28. The van der Waals surface area contributed by atoms with Gasteiger partial charge in [0, 0.05) is 19.6 Å². The molecule has 14 heavy (non-hydrogen) atoms. The molecule has 0 radical (unpaired) electrons. The van der Waals surface area contributed by atoms with Crippen LogP contribution in [-0.2, 0) is 7.05 Å². The minimum absolute atomic E-state index is 0.00866. The summed E-state index contributed by atoms with van der Waals surface area (Å²) in [5.74, 6) is 0.713. The Balaban J connectivity index is 2.37. The predicted octanol–water partition coefficient (Wildman–Crippen LogP) is 0.739. The Labute approximate surface area is 82.7 Å². The van der Waals surface area contributed by atoms with Gasteiger partial charge in [-0.25, -0.2) is 9.48 Å². The second kappa shape index (κ2) is 3.48. The minimum atomic E-state index is -0.00866. The van der Waals surface area contributed by atoms with Crippen molar-refractivity contribution in [3.05, 3.63) is 10.5 Å². The molecule has 0 atom stereocenters. The lowest BCUT2D eigenvalue weighted by atomic mass is 9.93. The van der Waals surface area contributed by atoms with Gasteiger partial charge in [0.1, 0.15) is 0 Å². The van der Waals surface area contributed by atoms with Crippen molar-refractivity contribution in [1.82, 2.24) is 14.3 Å². The molecular formula is C9H16N4O. The van der Waals surface area contributed by atoms with Crippen LogP contribution in [0.5, 0.6) is 0 Å². The SMILES string of the molecule is CCNc1nn(C)c(=O)n1C1CCC1. The van der Waals surface area contributed by atoms with E-state index in [9.17, 15) is 4.79 Å². The van der Waals surface area contributed by atoms with Crippen LogP contribution >= 0.6 is 0 Å². The summed E-state index contributed by atoms with van der Waals surface area (Å²) in [5.41, 5.74) is -0.00866. The zero-order chi connectivity index (χ0) is 10.1. The van der Waals surface area contributed by atoms with Crippen molar-refractivity contribution >= 4 is 5.95 Å². The van der Waals surface area contributed by atoms with Gasteiger partial charge in [-0.2, -0.15) is 0 Å². The average Bonchev–Trinajstić information content (AvgIpc) is 2.31. The molecule has 1 heterocycles. The topological polar surface area (TPSA) is 51.9 Å². The Morgan fingerprint density at radius 3 is 2.79 bits per heavy atom. The molecule has 0 aromatic carbocycles. The van der Waals surface area contributed by atoms with Crippen molar-refractivity contribution in [3.8, 4) is 0 Å². The number of aryl methyl sites for hydroxylation is 1. The van der Waals surface area contributed by atoms with E-state index in [1.807, 2.05) is 6.92 Å². The maximum Gasteiger partial charge on any atom is 0.347 e. The normalized spacial score (nSPS) is 16.7. The first-order chi connectivity index (χ1) is 6.74. The fraction of sp³-hybridized carbons (Fsp3) is 0.778. The van der Waals surface area contributed by atoms with E-state index >= 15 is 0 Å². The molecule has 1 aliphatic rings. The van der Waals surface area contributed by atoms with Gasteiger partial charge in [0.25, 0.3) is 0 Å². The molecule has 1 N–H and O–H groups in total. The fourth-order valence-corrected chi connectivity index (χ4v) is 1.73. The maximum absolute atomic E-state index is 11.7. The first kappa shape index (κ1) is 9.30. The first-order valence-corrected chi connectivity index (χ1v) is 5.13. The Morgan fingerprint density at radius 1 is 1.57 bits per heavy atom. The van der Waals surface area contributed by atoms with Gasteiger partial charge in [0.15, 0.2) is 0 Å². The first-order valence-electron chi connectivity index (χ1n) is 5.13. The molecule has 78 valence electrons. The standard InChI is InChI=1S/C9H16N4O/c1-3-10-8-11-12(2)9(14)13(8)7-5-4-6-7/h7H,3-6H2,1-2H3,(H,10,11). The van der Waals surface area contributed by atoms with E-state index in [1.54, 1.807) is 11.6 Å². The van der Waals surface area contributed by atoms with E-state index in [0.717, 1.165) is 19.4 Å². The molecule has 1 aromatic heterocycles. The lowest BCUT2D eigenvalue weighted by molar-refractivity contribution is 0.308. The minimum Gasteiger partial charge on any atom is -0.355 e. The number of aromatic nitrogens is 3. The second-order valence-electron chi connectivity index (χ2n) is 3.71. The lowest BCUT2D eigenvalue weighted by Crippen LogP contribution is -2.30. The Bertz CT molecular complexity index is 375. The van der Waals surface area contributed by atoms with Crippen molar-refractivity contribution in [1.29, 1.82) is 0 Å². The highest BCUT2D eigenvalue weighted by Gasteiger charge is 2.25. The maximum atomic E-state index is 11.7. The second-order valence-corrected chi connectivity index (χ2v) is 3.71. The van der Waals surface area contributed by atoms with Gasteiger partial charge in [-0.15, -0.1) is 5.10 Å². The van der Waals surface area contributed by atoms with Crippen molar-refractivity contribution in [3.63, 3.8) is 0 Å². The van der Waals surface area contributed by atoms with E-state index in [0.29, 0.717) is 12.0 Å². The molecule has 1 fully saturated rings. The number of rotatable bonds is 3. The van der Waals surface area contributed by atoms with Crippen LogP contribution in [0.25, 0.3) is 0 Å². The Hall–Kier alpha value is -1.26. The van der Waals surface area contributed by atoms with Crippen molar-refractivity contribution in [2.24, 2.45) is 7.05 Å². The van der Waals surface area contributed by atoms with E-state index in [-0.39, 0.29) is 5.69 Å². The van der Waals surface area contributed by atoms with Gasteiger partial charge in [0.05, 0.1) is 0 Å². The highest BCUT2D eigenvalue weighted by Crippen LogP contribution is 2.31. The Kier molecular flexibility index (Phi) is 2.31. The van der Waals surface area contributed by atoms with Gasteiger partial charge < -0.3 is 5.32 Å². The van der Waals surface area contributed by atoms with Gasteiger partial charge in [-0.05, 0) is 26.2 Å². The number of anilines is 1. The fourth-order valence-electron chi connectivity index (χ4n) is 1.73. The average molecular weight is 196 g/mol. The Morgan fingerprint density at radius 2 is 2.29 bits per heavy atom. The van der Waals surface area contributed by atoms with E-state index < -0.39 is 0 Å². The van der Waals surface area contributed by atoms with Crippen LogP contribution in [0, 0.1) is 0 Å². The van der Waals surface area contributed by atoms with Gasteiger partial charge in [-0.1, -0.05) is 0 Å². The van der Waals surface area contributed by atoms with Crippen LogP contribution in [-0.4, -0.2) is 20.9 Å². The molecule has 5 heteroatoms. The van der Waals surface area contributed by atoms with Gasteiger partial charge in [-0.3, -0.25) is 4.57 Å². The molecule has 0 saturated heterocycles. The smallest absolute Gasteiger partial charge is 0.347 e. The quantitative estimate of drug-likeness (QED) is 0.775. The molecule has 1 saturated carbocycles. The zero-order valence-electron chi connectivity index (χ0n) is 8.66. The third-order valence-corrected chi connectivity index (χ3v) is 2.73. The molecule has 0 bridgehead atoms. The molecule has 5 nitrogen and oxygen atoms in total. The van der Waals surface area contributed by atoms with Crippen LogP contribution in [0.1, 0.15) is 32.2 Å². The van der Waals surface area contributed by atoms with Crippen LogP contribution in [0.15, 0.2) is 4.79 Å². The summed E-state index contributed by atoms with van der Waals surface area (Å²) >= 11 is 0. The molecule has 2 rings (SSSR count). The van der Waals surface area contributed by atoms with E-state index in [2.05, 4.69) is 10.4 Å². The molecule has 1 aromatic rings. The molecular weight excluding hydrogens is 180 g/mol. The number of hydrogen-bond acceptors (Lipinski definition) is 3. The summed E-state index contributed by atoms with van der Waals surface area (Å²) < 4.78 is 3.18. The third kappa shape index (κ3) is 1.32.